The summed E-state index contributed by atoms with van der Waals surface area (Å²) in [5.74, 6) is 0.981. The van der Waals surface area contributed by atoms with Gasteiger partial charge in [0.15, 0.2) is 4.34 Å². The topological polar surface area (TPSA) is 55.3 Å². The van der Waals surface area contributed by atoms with E-state index in [-0.39, 0.29) is 29.8 Å². The van der Waals surface area contributed by atoms with Crippen molar-refractivity contribution >= 4 is 41.0 Å². The van der Waals surface area contributed by atoms with Gasteiger partial charge in [0.2, 0.25) is 5.16 Å². The van der Waals surface area contributed by atoms with Crippen LogP contribution in [0.4, 0.5) is 13.2 Å². The van der Waals surface area contributed by atoms with E-state index in [2.05, 4.69) is 9.36 Å². The minimum Gasteiger partial charge on any atom is -0.490 e. The second kappa shape index (κ2) is 10.6. The van der Waals surface area contributed by atoms with Crippen molar-refractivity contribution in [3.63, 3.8) is 0 Å². The number of aromatic nitrogens is 2. The number of amides is 1. The van der Waals surface area contributed by atoms with Gasteiger partial charge in [-0.05, 0) is 66.5 Å². The van der Waals surface area contributed by atoms with Gasteiger partial charge >= 0.3 is 6.18 Å². The number of ether oxygens (including phenoxy) is 1. The van der Waals surface area contributed by atoms with Crippen LogP contribution in [0.25, 0.3) is 0 Å². The number of halogens is 3. The molecule has 5 nitrogen and oxygen atoms in total. The second-order valence-electron chi connectivity index (χ2n) is 8.87. The van der Waals surface area contributed by atoms with E-state index >= 15 is 0 Å². The highest BCUT2D eigenvalue weighted by Gasteiger charge is 2.44. The SMILES string of the molecule is CSc1nsc(SCc2ccc(C(=O)N3C4CCC3CC(Oc3cccc(C(F)(F)F)c3)C4)cc2)n1. The van der Waals surface area contributed by atoms with E-state index in [4.69, 9.17) is 4.74 Å². The van der Waals surface area contributed by atoms with E-state index in [9.17, 15) is 18.0 Å². The molecule has 2 unspecified atom stereocenters. The molecule has 0 radical (unpaired) electrons. The highest BCUT2D eigenvalue weighted by atomic mass is 32.2. The van der Waals surface area contributed by atoms with Crippen molar-refractivity contribution in [1.82, 2.24) is 14.3 Å². The van der Waals surface area contributed by atoms with E-state index in [1.807, 2.05) is 35.4 Å². The van der Waals surface area contributed by atoms with Crippen molar-refractivity contribution in [1.29, 1.82) is 0 Å². The summed E-state index contributed by atoms with van der Waals surface area (Å²) in [6.07, 6.45) is 0.338. The molecule has 2 bridgehead atoms. The van der Waals surface area contributed by atoms with Crippen molar-refractivity contribution in [2.24, 2.45) is 0 Å². The molecule has 2 fully saturated rings. The van der Waals surface area contributed by atoms with Gasteiger partial charge in [0.25, 0.3) is 5.91 Å². The molecule has 190 valence electrons. The van der Waals surface area contributed by atoms with E-state index in [0.717, 1.165) is 45.8 Å². The number of carbonyl (C=O) groups is 1. The van der Waals surface area contributed by atoms with Crippen molar-refractivity contribution in [2.75, 3.05) is 6.26 Å². The van der Waals surface area contributed by atoms with Crippen LogP contribution in [0, 0.1) is 0 Å². The molecule has 3 heterocycles. The lowest BCUT2D eigenvalue weighted by Crippen LogP contribution is -2.49. The first-order chi connectivity index (χ1) is 17.3. The zero-order valence-corrected chi connectivity index (χ0v) is 21.9. The Balaban J connectivity index is 1.19. The molecule has 2 aliphatic rings. The van der Waals surface area contributed by atoms with Crippen molar-refractivity contribution in [3.05, 3.63) is 65.2 Å². The molecule has 0 spiro atoms. The number of rotatable bonds is 7. The maximum Gasteiger partial charge on any atom is 0.416 e. The van der Waals surface area contributed by atoms with Gasteiger partial charge in [-0.1, -0.05) is 41.7 Å². The van der Waals surface area contributed by atoms with E-state index in [1.54, 1.807) is 17.8 Å². The fraction of sp³-hybridized carbons (Fsp3) is 0.400. The number of hydrogen-bond donors (Lipinski definition) is 0. The Hall–Kier alpha value is -2.24. The first-order valence-corrected chi connectivity index (χ1v) is 14.5. The molecule has 0 saturated carbocycles. The van der Waals surface area contributed by atoms with E-state index < -0.39 is 11.7 Å². The third-order valence-electron chi connectivity index (χ3n) is 6.52. The smallest absolute Gasteiger partial charge is 0.416 e. The lowest BCUT2D eigenvalue weighted by molar-refractivity contribution is -0.137. The highest BCUT2D eigenvalue weighted by Crippen LogP contribution is 2.39. The number of thioether (sulfide) groups is 2. The molecule has 36 heavy (non-hydrogen) atoms. The number of alkyl halides is 3. The molecule has 0 aliphatic carbocycles. The Morgan fingerprint density at radius 1 is 1.14 bits per heavy atom. The number of nitrogens with zero attached hydrogens (tertiary/aromatic N) is 3. The number of piperidine rings is 1. The summed E-state index contributed by atoms with van der Waals surface area (Å²) in [6.45, 7) is 0. The van der Waals surface area contributed by atoms with Crippen LogP contribution in [0.3, 0.4) is 0 Å². The normalized spacial score (nSPS) is 21.6. The van der Waals surface area contributed by atoms with Gasteiger partial charge in [0.05, 0.1) is 5.56 Å². The second-order valence-corrected chi connectivity index (χ2v) is 11.6. The van der Waals surface area contributed by atoms with Crippen LogP contribution in [0.15, 0.2) is 58.0 Å². The molecule has 5 rings (SSSR count). The number of carbonyl (C=O) groups excluding carboxylic acids is 1. The van der Waals surface area contributed by atoms with Crippen LogP contribution in [-0.4, -0.2) is 44.6 Å². The Morgan fingerprint density at radius 3 is 2.50 bits per heavy atom. The Morgan fingerprint density at radius 2 is 1.86 bits per heavy atom. The maximum absolute atomic E-state index is 13.3. The molecular weight excluding hydrogens is 527 g/mol. The first-order valence-electron chi connectivity index (χ1n) is 11.6. The van der Waals surface area contributed by atoms with Crippen molar-refractivity contribution in [3.8, 4) is 5.75 Å². The average Bonchev–Trinajstić information content (AvgIpc) is 3.44. The molecule has 1 amide bonds. The third kappa shape index (κ3) is 5.68. The zero-order valence-electron chi connectivity index (χ0n) is 19.4. The lowest BCUT2D eigenvalue weighted by Gasteiger charge is -2.39. The van der Waals surface area contributed by atoms with Crippen LogP contribution in [0.2, 0.25) is 0 Å². The first kappa shape index (κ1) is 25.4. The monoisotopic (exact) mass is 551 g/mol. The average molecular weight is 552 g/mol. The molecule has 11 heteroatoms. The van der Waals surface area contributed by atoms with Gasteiger partial charge in [0.1, 0.15) is 11.9 Å². The van der Waals surface area contributed by atoms with Gasteiger partial charge in [-0.15, -0.1) is 0 Å². The molecule has 0 N–H and O–H groups in total. The van der Waals surface area contributed by atoms with Crippen LogP contribution >= 0.6 is 35.1 Å². The summed E-state index contributed by atoms with van der Waals surface area (Å²) in [4.78, 5) is 19.7. The summed E-state index contributed by atoms with van der Waals surface area (Å²) in [5.41, 5.74) is 1.04. The van der Waals surface area contributed by atoms with Crippen LogP contribution in [0.1, 0.15) is 47.2 Å². The van der Waals surface area contributed by atoms with Crippen LogP contribution in [-0.2, 0) is 11.9 Å². The number of hydrogen-bond acceptors (Lipinski definition) is 7. The van der Waals surface area contributed by atoms with Gasteiger partial charge in [-0.3, -0.25) is 4.79 Å². The molecular formula is C25H24F3N3O2S3. The van der Waals surface area contributed by atoms with Gasteiger partial charge < -0.3 is 9.64 Å². The third-order valence-corrected chi connectivity index (χ3v) is 9.09. The Bertz CT molecular complexity index is 1210. The molecule has 2 atom stereocenters. The number of benzene rings is 2. The molecule has 2 aromatic carbocycles. The maximum atomic E-state index is 13.3. The predicted molar refractivity (Wildman–Crippen MR) is 136 cm³/mol. The minimum absolute atomic E-state index is 0.00737. The minimum atomic E-state index is -4.40. The Labute approximate surface area is 220 Å². The fourth-order valence-corrected chi connectivity index (χ4v) is 7.03. The summed E-state index contributed by atoms with van der Waals surface area (Å²) < 4.78 is 50.2. The van der Waals surface area contributed by atoms with E-state index in [1.165, 1.54) is 29.4 Å². The summed E-state index contributed by atoms with van der Waals surface area (Å²) in [7, 11) is 0. The predicted octanol–water partition coefficient (Wildman–Crippen LogP) is 6.79. The lowest BCUT2D eigenvalue weighted by atomic mass is 9.98. The van der Waals surface area contributed by atoms with Gasteiger partial charge in [0, 0.05) is 36.2 Å². The van der Waals surface area contributed by atoms with Crippen LogP contribution < -0.4 is 4.74 Å². The van der Waals surface area contributed by atoms with Crippen molar-refractivity contribution < 1.29 is 22.7 Å². The van der Waals surface area contributed by atoms with Crippen molar-refractivity contribution in [2.45, 2.75) is 65.3 Å². The zero-order chi connectivity index (χ0) is 25.3. The van der Waals surface area contributed by atoms with Gasteiger partial charge in [-0.25, -0.2) is 4.98 Å². The van der Waals surface area contributed by atoms with Crippen LogP contribution in [0.5, 0.6) is 5.75 Å². The highest BCUT2D eigenvalue weighted by molar-refractivity contribution is 8.00. The molecule has 1 aromatic heterocycles. The Kier molecular flexibility index (Phi) is 7.50. The largest absolute Gasteiger partial charge is 0.490 e. The van der Waals surface area contributed by atoms with Gasteiger partial charge in [-0.2, -0.15) is 17.5 Å². The summed E-state index contributed by atoms with van der Waals surface area (Å²) >= 11 is 4.54. The molecule has 2 aliphatic heterocycles. The number of fused-ring (bicyclic) bond motifs is 2. The summed E-state index contributed by atoms with van der Waals surface area (Å²) in [5, 5.41) is 0.780. The fourth-order valence-electron chi connectivity index (χ4n) is 4.87. The molecule has 2 saturated heterocycles. The molecule has 3 aromatic rings. The standard InChI is InChI=1S/C25H24F3N3O2S3/c1-34-23-29-24(36-30-23)35-14-15-5-7-16(8-6-15)22(32)31-18-9-10-19(31)13-21(12-18)33-20-4-2-3-17(11-20)25(26,27)28/h2-8,11,18-19,21H,9-10,12-14H2,1H3. The quantitative estimate of drug-likeness (QED) is 0.302. The summed E-state index contributed by atoms with van der Waals surface area (Å²) in [6, 6.07) is 12.8. The van der Waals surface area contributed by atoms with E-state index in [0.29, 0.717) is 18.4 Å².